The van der Waals surface area contributed by atoms with E-state index in [-0.39, 0.29) is 5.82 Å². The van der Waals surface area contributed by atoms with Crippen molar-refractivity contribution in [2.24, 2.45) is 17.8 Å². The van der Waals surface area contributed by atoms with Gasteiger partial charge in [-0.15, -0.1) is 0 Å². The molecule has 3 heteroatoms. The Balaban J connectivity index is 1.83. The number of fused-ring (bicyclic) bond motifs is 1. The number of rotatable bonds is 3. The van der Waals surface area contributed by atoms with Gasteiger partial charge in [-0.05, 0) is 71.3 Å². The SMILES string of the molecule is CNC(c1ccc(F)c(Br)c1)C1C2CCCC21. The molecule has 0 spiro atoms. The van der Waals surface area contributed by atoms with Crippen molar-refractivity contribution in [1.29, 1.82) is 0 Å². The van der Waals surface area contributed by atoms with E-state index in [9.17, 15) is 4.39 Å². The van der Waals surface area contributed by atoms with Gasteiger partial charge in [-0.1, -0.05) is 12.5 Å². The highest BCUT2D eigenvalue weighted by Gasteiger charge is 2.55. The van der Waals surface area contributed by atoms with E-state index in [4.69, 9.17) is 0 Å². The molecular weight excluding hydrogens is 281 g/mol. The summed E-state index contributed by atoms with van der Waals surface area (Å²) in [5.41, 5.74) is 1.21. The number of hydrogen-bond donors (Lipinski definition) is 1. The Bertz CT molecular complexity index is 424. The summed E-state index contributed by atoms with van der Waals surface area (Å²) in [6.45, 7) is 0. The molecule has 92 valence electrons. The first-order valence-corrected chi connectivity index (χ1v) is 7.14. The lowest BCUT2D eigenvalue weighted by molar-refractivity contribution is 0.444. The zero-order valence-corrected chi connectivity index (χ0v) is 11.5. The predicted molar refractivity (Wildman–Crippen MR) is 70.2 cm³/mol. The Labute approximate surface area is 110 Å². The molecule has 0 aliphatic heterocycles. The largest absolute Gasteiger partial charge is 0.313 e. The molecule has 1 nitrogen and oxygen atoms in total. The van der Waals surface area contributed by atoms with Gasteiger partial charge in [0.05, 0.1) is 4.47 Å². The lowest BCUT2D eigenvalue weighted by atomic mass is 9.97. The molecule has 0 radical (unpaired) electrons. The highest BCUT2D eigenvalue weighted by molar-refractivity contribution is 9.10. The minimum absolute atomic E-state index is 0.181. The third-order valence-corrected chi connectivity index (χ3v) is 5.08. The smallest absolute Gasteiger partial charge is 0.137 e. The van der Waals surface area contributed by atoms with Crippen molar-refractivity contribution in [1.82, 2.24) is 5.32 Å². The topological polar surface area (TPSA) is 12.0 Å². The van der Waals surface area contributed by atoms with Crippen LogP contribution in [0.4, 0.5) is 4.39 Å². The maximum Gasteiger partial charge on any atom is 0.137 e. The Morgan fingerprint density at radius 3 is 2.65 bits per heavy atom. The fraction of sp³-hybridized carbons (Fsp3) is 0.571. The van der Waals surface area contributed by atoms with Crippen LogP contribution in [0.5, 0.6) is 0 Å². The zero-order chi connectivity index (χ0) is 12.0. The third kappa shape index (κ3) is 1.93. The molecule has 0 heterocycles. The first-order chi connectivity index (χ1) is 8.22. The van der Waals surface area contributed by atoms with Crippen LogP contribution in [-0.2, 0) is 0 Å². The van der Waals surface area contributed by atoms with E-state index in [0.717, 1.165) is 17.8 Å². The summed E-state index contributed by atoms with van der Waals surface area (Å²) < 4.78 is 13.8. The van der Waals surface area contributed by atoms with Gasteiger partial charge in [0.1, 0.15) is 5.82 Å². The van der Waals surface area contributed by atoms with E-state index in [0.29, 0.717) is 10.5 Å². The van der Waals surface area contributed by atoms with Crippen LogP contribution in [0.1, 0.15) is 30.9 Å². The molecule has 2 saturated carbocycles. The second kappa shape index (κ2) is 4.36. The predicted octanol–water partition coefficient (Wildman–Crippen LogP) is 3.89. The molecule has 1 N–H and O–H groups in total. The van der Waals surface area contributed by atoms with Crippen molar-refractivity contribution in [3.05, 3.63) is 34.1 Å². The molecule has 3 rings (SSSR count). The molecule has 0 saturated heterocycles. The summed E-state index contributed by atoms with van der Waals surface area (Å²) in [5.74, 6) is 2.42. The van der Waals surface area contributed by atoms with Gasteiger partial charge in [0.25, 0.3) is 0 Å². The van der Waals surface area contributed by atoms with Crippen molar-refractivity contribution < 1.29 is 4.39 Å². The van der Waals surface area contributed by atoms with E-state index >= 15 is 0 Å². The van der Waals surface area contributed by atoms with E-state index in [1.165, 1.54) is 24.8 Å². The maximum absolute atomic E-state index is 13.2. The van der Waals surface area contributed by atoms with Crippen molar-refractivity contribution in [2.45, 2.75) is 25.3 Å². The van der Waals surface area contributed by atoms with Crippen LogP contribution in [0.3, 0.4) is 0 Å². The quantitative estimate of drug-likeness (QED) is 0.892. The molecule has 1 aromatic carbocycles. The minimum Gasteiger partial charge on any atom is -0.313 e. The minimum atomic E-state index is -0.181. The molecule has 2 fully saturated rings. The first-order valence-electron chi connectivity index (χ1n) is 6.34. The summed E-state index contributed by atoms with van der Waals surface area (Å²) >= 11 is 3.27. The Morgan fingerprint density at radius 2 is 2.06 bits per heavy atom. The summed E-state index contributed by atoms with van der Waals surface area (Å²) in [6, 6.07) is 5.78. The van der Waals surface area contributed by atoms with Gasteiger partial charge in [0.15, 0.2) is 0 Å². The zero-order valence-electron chi connectivity index (χ0n) is 9.92. The van der Waals surface area contributed by atoms with Gasteiger partial charge in [-0.2, -0.15) is 0 Å². The van der Waals surface area contributed by atoms with Crippen molar-refractivity contribution >= 4 is 15.9 Å². The number of hydrogen-bond acceptors (Lipinski definition) is 1. The van der Waals surface area contributed by atoms with Crippen LogP contribution in [0.2, 0.25) is 0 Å². The Kier molecular flexibility index (Phi) is 2.99. The van der Waals surface area contributed by atoms with Crippen LogP contribution < -0.4 is 5.32 Å². The second-order valence-corrected chi connectivity index (χ2v) is 6.13. The molecule has 3 atom stereocenters. The fourth-order valence-corrected chi connectivity index (χ4v) is 4.06. The molecule has 2 aliphatic rings. The van der Waals surface area contributed by atoms with Gasteiger partial charge >= 0.3 is 0 Å². The van der Waals surface area contributed by atoms with Crippen LogP contribution >= 0.6 is 15.9 Å². The highest BCUT2D eigenvalue weighted by atomic mass is 79.9. The van der Waals surface area contributed by atoms with Gasteiger partial charge < -0.3 is 5.32 Å². The second-order valence-electron chi connectivity index (χ2n) is 5.28. The molecule has 0 aromatic heterocycles. The van der Waals surface area contributed by atoms with Crippen molar-refractivity contribution in [2.75, 3.05) is 7.05 Å². The van der Waals surface area contributed by atoms with E-state index in [2.05, 4.69) is 21.2 Å². The molecule has 2 aliphatic carbocycles. The summed E-state index contributed by atoms with van der Waals surface area (Å²) in [4.78, 5) is 0. The van der Waals surface area contributed by atoms with Crippen LogP contribution in [0.15, 0.2) is 22.7 Å². The summed E-state index contributed by atoms with van der Waals surface area (Å²) in [6.07, 6.45) is 4.17. The van der Waals surface area contributed by atoms with Crippen molar-refractivity contribution in [3.63, 3.8) is 0 Å². The Hall–Kier alpha value is -0.410. The van der Waals surface area contributed by atoms with Gasteiger partial charge in [0, 0.05) is 6.04 Å². The third-order valence-electron chi connectivity index (χ3n) is 4.47. The van der Waals surface area contributed by atoms with Gasteiger partial charge in [-0.25, -0.2) is 4.39 Å². The molecule has 1 aromatic rings. The normalized spacial score (nSPS) is 32.3. The van der Waals surface area contributed by atoms with Crippen molar-refractivity contribution in [3.8, 4) is 0 Å². The average molecular weight is 298 g/mol. The van der Waals surface area contributed by atoms with Crippen LogP contribution in [0, 0.1) is 23.6 Å². The Morgan fingerprint density at radius 1 is 1.35 bits per heavy atom. The maximum atomic E-state index is 13.2. The average Bonchev–Trinajstić information content (AvgIpc) is 2.79. The number of benzene rings is 1. The van der Waals surface area contributed by atoms with Gasteiger partial charge in [0.2, 0.25) is 0 Å². The lowest BCUT2D eigenvalue weighted by Crippen LogP contribution is -2.20. The van der Waals surface area contributed by atoms with E-state index in [1.807, 2.05) is 19.2 Å². The molecular formula is C14H17BrFN. The fourth-order valence-electron chi connectivity index (χ4n) is 3.66. The van der Waals surface area contributed by atoms with E-state index in [1.54, 1.807) is 6.07 Å². The molecule has 0 bridgehead atoms. The van der Waals surface area contributed by atoms with E-state index < -0.39 is 0 Å². The molecule has 17 heavy (non-hydrogen) atoms. The monoisotopic (exact) mass is 297 g/mol. The standard InChI is InChI=1S/C14H17BrFN/c1-17-14(13-9-3-2-4-10(9)13)8-5-6-12(16)11(15)7-8/h5-7,9-10,13-14,17H,2-4H2,1H3. The lowest BCUT2D eigenvalue weighted by Gasteiger charge is -2.19. The molecule has 3 unspecified atom stereocenters. The highest BCUT2D eigenvalue weighted by Crippen LogP contribution is 2.62. The molecule has 0 amide bonds. The number of halogens is 2. The summed E-state index contributed by atoms with van der Waals surface area (Å²) in [5, 5.41) is 3.41. The van der Waals surface area contributed by atoms with Crippen LogP contribution in [-0.4, -0.2) is 7.05 Å². The summed E-state index contributed by atoms with van der Waals surface area (Å²) in [7, 11) is 2.01. The number of nitrogens with one attached hydrogen (secondary N) is 1. The van der Waals surface area contributed by atoms with Crippen LogP contribution in [0.25, 0.3) is 0 Å². The van der Waals surface area contributed by atoms with Gasteiger partial charge in [-0.3, -0.25) is 0 Å². The first kappa shape index (κ1) is 11.7.